The molecule has 0 spiro atoms. The molecule has 0 atom stereocenters. The smallest absolute Gasteiger partial charge is 0.289 e. The van der Waals surface area contributed by atoms with Crippen LogP contribution in [0.4, 0.5) is 0 Å². The molecule has 0 unspecified atom stereocenters. The van der Waals surface area contributed by atoms with Crippen LogP contribution in [0.2, 0.25) is 0 Å². The number of carbonyl (C=O) groups excluding carboxylic acids is 2. The number of hydrogen-bond acceptors (Lipinski definition) is 2. The molecule has 2 aromatic carbocycles. The van der Waals surface area contributed by atoms with E-state index in [0.29, 0.717) is 12.1 Å². The van der Waals surface area contributed by atoms with Crippen LogP contribution in [0, 0.1) is 13.8 Å². The van der Waals surface area contributed by atoms with Crippen molar-refractivity contribution in [2.45, 2.75) is 20.4 Å². The number of hydrogen-bond donors (Lipinski definition) is 1. The van der Waals surface area contributed by atoms with Crippen molar-refractivity contribution in [1.29, 1.82) is 0 Å². The molecule has 0 saturated carbocycles. The van der Waals surface area contributed by atoms with Crippen LogP contribution in [0.25, 0.3) is 10.9 Å². The molecule has 4 heteroatoms. The molecular formula is C19H18N2O2. The van der Waals surface area contributed by atoms with E-state index in [2.05, 4.69) is 4.57 Å². The fourth-order valence-electron chi connectivity index (χ4n) is 2.98. The predicted molar refractivity (Wildman–Crippen MR) is 90.5 cm³/mol. The lowest BCUT2D eigenvalue weighted by Crippen LogP contribution is -2.23. The van der Waals surface area contributed by atoms with Gasteiger partial charge in [0.25, 0.3) is 11.7 Å². The lowest BCUT2D eigenvalue weighted by molar-refractivity contribution is -0.114. The summed E-state index contributed by atoms with van der Waals surface area (Å²) in [5.41, 5.74) is 9.50. The Morgan fingerprint density at radius 3 is 2.39 bits per heavy atom. The first-order chi connectivity index (χ1) is 11.0. The average molecular weight is 306 g/mol. The summed E-state index contributed by atoms with van der Waals surface area (Å²) in [6.07, 6.45) is 0. The number of fused-ring (bicyclic) bond motifs is 1. The number of primary amides is 1. The minimum Gasteiger partial charge on any atom is -0.363 e. The third kappa shape index (κ3) is 2.63. The third-order valence-corrected chi connectivity index (χ3v) is 4.11. The number of rotatable bonds is 4. The van der Waals surface area contributed by atoms with Crippen molar-refractivity contribution >= 4 is 22.6 Å². The largest absolute Gasteiger partial charge is 0.363 e. The predicted octanol–water partition coefficient (Wildman–Crippen LogP) is 2.97. The minimum absolute atomic E-state index is 0.409. The second kappa shape index (κ2) is 5.72. The van der Waals surface area contributed by atoms with Crippen LogP contribution in [-0.4, -0.2) is 16.3 Å². The van der Waals surface area contributed by atoms with Gasteiger partial charge in [0.2, 0.25) is 0 Å². The normalized spacial score (nSPS) is 10.9. The van der Waals surface area contributed by atoms with E-state index in [0.717, 1.165) is 27.7 Å². The second-order valence-corrected chi connectivity index (χ2v) is 5.75. The molecule has 0 fully saturated rings. The molecule has 0 bridgehead atoms. The number of nitrogens with zero attached hydrogens (tertiary/aromatic N) is 1. The standard InChI is InChI=1S/C19H18N2O2/c1-12-8-9-16-15(10-12)17(18(22)19(20)23)13(2)21(16)11-14-6-4-3-5-7-14/h3-10H,11H2,1-2H3,(H2,20,23). The molecule has 1 aromatic heterocycles. The van der Waals surface area contributed by atoms with Crippen LogP contribution >= 0.6 is 0 Å². The molecule has 0 aliphatic carbocycles. The first-order valence-corrected chi connectivity index (χ1v) is 7.46. The minimum atomic E-state index is -0.923. The first-order valence-electron chi connectivity index (χ1n) is 7.46. The van der Waals surface area contributed by atoms with Gasteiger partial charge >= 0.3 is 0 Å². The van der Waals surface area contributed by atoms with Gasteiger partial charge in [-0.05, 0) is 31.5 Å². The Labute approximate surface area is 134 Å². The van der Waals surface area contributed by atoms with Crippen LogP contribution in [0.15, 0.2) is 48.5 Å². The van der Waals surface area contributed by atoms with Crippen molar-refractivity contribution in [2.75, 3.05) is 0 Å². The summed E-state index contributed by atoms with van der Waals surface area (Å²) in [4.78, 5) is 23.7. The summed E-state index contributed by atoms with van der Waals surface area (Å²) in [6, 6.07) is 15.9. The van der Waals surface area contributed by atoms with Gasteiger partial charge in [-0.25, -0.2) is 0 Å². The van der Waals surface area contributed by atoms with E-state index in [1.165, 1.54) is 0 Å². The number of carbonyl (C=O) groups is 2. The maximum atomic E-state index is 12.3. The molecular weight excluding hydrogens is 288 g/mol. The van der Waals surface area contributed by atoms with Crippen molar-refractivity contribution < 1.29 is 9.59 Å². The highest BCUT2D eigenvalue weighted by atomic mass is 16.2. The van der Waals surface area contributed by atoms with E-state index in [9.17, 15) is 9.59 Å². The zero-order chi connectivity index (χ0) is 16.6. The van der Waals surface area contributed by atoms with Crippen LogP contribution in [0.5, 0.6) is 0 Å². The molecule has 1 amide bonds. The van der Waals surface area contributed by atoms with Crippen molar-refractivity contribution in [2.24, 2.45) is 5.73 Å². The third-order valence-electron chi connectivity index (χ3n) is 4.11. The first kappa shape index (κ1) is 15.0. The SMILES string of the molecule is Cc1ccc2c(c1)c(C(=O)C(N)=O)c(C)n2Cc1ccccc1. The van der Waals surface area contributed by atoms with E-state index in [1.807, 2.05) is 62.4 Å². The van der Waals surface area contributed by atoms with Crippen LogP contribution in [-0.2, 0) is 11.3 Å². The van der Waals surface area contributed by atoms with Gasteiger partial charge < -0.3 is 10.3 Å². The lowest BCUT2D eigenvalue weighted by Gasteiger charge is -2.09. The maximum Gasteiger partial charge on any atom is 0.289 e. The Morgan fingerprint density at radius 2 is 1.74 bits per heavy atom. The lowest BCUT2D eigenvalue weighted by atomic mass is 10.0. The van der Waals surface area contributed by atoms with E-state index in [4.69, 9.17) is 5.73 Å². The number of ketones is 1. The topological polar surface area (TPSA) is 65.1 Å². The summed E-state index contributed by atoms with van der Waals surface area (Å²) >= 11 is 0. The van der Waals surface area contributed by atoms with Gasteiger partial charge in [0, 0.05) is 23.1 Å². The summed E-state index contributed by atoms with van der Waals surface area (Å²) in [7, 11) is 0. The van der Waals surface area contributed by atoms with E-state index in [1.54, 1.807) is 0 Å². The second-order valence-electron chi connectivity index (χ2n) is 5.75. The molecule has 23 heavy (non-hydrogen) atoms. The number of nitrogens with two attached hydrogens (primary N) is 1. The molecule has 0 aliphatic rings. The van der Waals surface area contributed by atoms with Crippen LogP contribution in [0.3, 0.4) is 0 Å². The number of aromatic nitrogens is 1. The van der Waals surface area contributed by atoms with Crippen LogP contribution < -0.4 is 5.73 Å². The number of benzene rings is 2. The molecule has 1 heterocycles. The summed E-state index contributed by atoms with van der Waals surface area (Å²) in [5.74, 6) is -1.56. The highest BCUT2D eigenvalue weighted by Gasteiger charge is 2.23. The van der Waals surface area contributed by atoms with Crippen molar-refractivity contribution in [1.82, 2.24) is 4.57 Å². The molecule has 0 saturated heterocycles. The Kier molecular flexibility index (Phi) is 3.74. The van der Waals surface area contributed by atoms with Gasteiger partial charge in [0.05, 0.1) is 5.56 Å². The highest BCUT2D eigenvalue weighted by Crippen LogP contribution is 2.28. The van der Waals surface area contributed by atoms with Gasteiger partial charge in [0.1, 0.15) is 0 Å². The molecule has 0 radical (unpaired) electrons. The molecule has 2 N–H and O–H groups in total. The quantitative estimate of drug-likeness (QED) is 0.595. The monoisotopic (exact) mass is 306 g/mol. The fourth-order valence-corrected chi connectivity index (χ4v) is 2.98. The van der Waals surface area contributed by atoms with Crippen molar-refractivity contribution in [3.05, 3.63) is 70.9 Å². The Hall–Kier alpha value is -2.88. The molecule has 3 aromatic rings. The van der Waals surface area contributed by atoms with Gasteiger partial charge in [-0.2, -0.15) is 0 Å². The number of amides is 1. The Balaban J connectivity index is 2.24. The van der Waals surface area contributed by atoms with Gasteiger partial charge in [-0.1, -0.05) is 42.0 Å². The molecule has 3 rings (SSSR count). The van der Waals surface area contributed by atoms with Crippen molar-refractivity contribution in [3.8, 4) is 0 Å². The zero-order valence-electron chi connectivity index (χ0n) is 13.2. The van der Waals surface area contributed by atoms with Gasteiger partial charge in [0.15, 0.2) is 0 Å². The maximum absolute atomic E-state index is 12.3. The van der Waals surface area contributed by atoms with Crippen molar-refractivity contribution in [3.63, 3.8) is 0 Å². The Morgan fingerprint density at radius 1 is 1.04 bits per heavy atom. The Bertz CT molecular complexity index is 908. The summed E-state index contributed by atoms with van der Waals surface area (Å²) < 4.78 is 2.06. The van der Waals surface area contributed by atoms with E-state index < -0.39 is 11.7 Å². The highest BCUT2D eigenvalue weighted by molar-refractivity contribution is 6.44. The molecule has 0 aliphatic heterocycles. The number of Topliss-reactive ketones (excluding diaryl/α,β-unsaturated/α-hetero) is 1. The zero-order valence-corrected chi connectivity index (χ0v) is 13.2. The van der Waals surface area contributed by atoms with Crippen LogP contribution in [0.1, 0.15) is 27.2 Å². The van der Waals surface area contributed by atoms with Gasteiger partial charge in [-0.3, -0.25) is 9.59 Å². The molecule has 4 nitrogen and oxygen atoms in total. The van der Waals surface area contributed by atoms with Gasteiger partial charge in [-0.15, -0.1) is 0 Å². The molecule has 116 valence electrons. The summed E-state index contributed by atoms with van der Waals surface area (Å²) in [6.45, 7) is 4.45. The van der Waals surface area contributed by atoms with E-state index in [-0.39, 0.29) is 0 Å². The van der Waals surface area contributed by atoms with E-state index >= 15 is 0 Å². The average Bonchev–Trinajstić information content (AvgIpc) is 2.79. The summed E-state index contributed by atoms with van der Waals surface area (Å²) in [5, 5.41) is 0.780. The fraction of sp³-hybridized carbons (Fsp3) is 0.158. The number of aryl methyl sites for hydroxylation is 1.